The van der Waals surface area contributed by atoms with Crippen LogP contribution in [0.2, 0.25) is 0 Å². The van der Waals surface area contributed by atoms with E-state index in [9.17, 15) is 4.79 Å². The molecule has 18 heavy (non-hydrogen) atoms. The van der Waals surface area contributed by atoms with E-state index in [2.05, 4.69) is 11.9 Å². The first kappa shape index (κ1) is 14.4. The van der Waals surface area contributed by atoms with E-state index in [1.54, 1.807) is 12.1 Å². The lowest BCUT2D eigenvalue weighted by atomic mass is 10.1. The van der Waals surface area contributed by atoms with Gasteiger partial charge in [0.05, 0.1) is 13.2 Å². The van der Waals surface area contributed by atoms with E-state index in [1.165, 1.54) is 0 Å². The van der Waals surface area contributed by atoms with Gasteiger partial charge in [-0.1, -0.05) is 24.3 Å². The van der Waals surface area contributed by atoms with E-state index in [0.717, 1.165) is 17.7 Å². The molecule has 1 aromatic rings. The maximum atomic E-state index is 11.0. The molecule has 0 aromatic heterocycles. The summed E-state index contributed by atoms with van der Waals surface area (Å²) >= 11 is 0. The van der Waals surface area contributed by atoms with Crippen LogP contribution in [0.15, 0.2) is 36.4 Å². The van der Waals surface area contributed by atoms with Crippen LogP contribution in [-0.2, 0) is 11.3 Å². The molecule has 0 atom stereocenters. The lowest BCUT2D eigenvalue weighted by Crippen LogP contribution is -2.20. The summed E-state index contributed by atoms with van der Waals surface area (Å²) in [5, 5.41) is 3.23. The van der Waals surface area contributed by atoms with Gasteiger partial charge in [-0.3, -0.25) is 4.79 Å². The van der Waals surface area contributed by atoms with Crippen molar-refractivity contribution in [3.8, 4) is 0 Å². The number of ether oxygens (including phenoxy) is 1. The molecule has 0 aliphatic heterocycles. The molecule has 0 fully saturated rings. The first-order valence-corrected chi connectivity index (χ1v) is 5.91. The average molecular weight is 248 g/mol. The Kier molecular flexibility index (Phi) is 6.11. The molecule has 0 aliphatic carbocycles. The second-order valence-corrected chi connectivity index (χ2v) is 4.25. The van der Waals surface area contributed by atoms with Crippen LogP contribution in [0.1, 0.15) is 22.8 Å². The van der Waals surface area contributed by atoms with Crippen molar-refractivity contribution in [1.29, 1.82) is 0 Å². The van der Waals surface area contributed by atoms with Crippen LogP contribution in [0.3, 0.4) is 0 Å². The molecule has 0 aliphatic rings. The zero-order valence-corrected chi connectivity index (χ0v) is 10.7. The van der Waals surface area contributed by atoms with Gasteiger partial charge >= 0.3 is 0 Å². The smallest absolute Gasteiger partial charge is 0.248 e. The second-order valence-electron chi connectivity index (χ2n) is 4.25. The van der Waals surface area contributed by atoms with Crippen molar-refractivity contribution >= 4 is 5.91 Å². The van der Waals surface area contributed by atoms with E-state index < -0.39 is 5.91 Å². The Morgan fingerprint density at radius 2 is 2.28 bits per heavy atom. The Balaban J connectivity index is 2.25. The first-order valence-electron chi connectivity index (χ1n) is 5.91. The standard InChI is InChI=1S/C14H20N2O2/c1-11(2)10-18-7-6-16-9-12-4-3-5-13(8-12)14(15)17/h3-5,8,16H,1,6-7,9-10H2,2H3,(H2,15,17). The molecule has 1 amide bonds. The summed E-state index contributed by atoms with van der Waals surface area (Å²) in [6.45, 7) is 8.38. The molecule has 1 rings (SSSR count). The number of primary amides is 1. The number of hydrogen-bond donors (Lipinski definition) is 2. The highest BCUT2D eigenvalue weighted by atomic mass is 16.5. The minimum Gasteiger partial charge on any atom is -0.376 e. The second kappa shape index (κ2) is 7.63. The molecule has 1 aromatic carbocycles. The van der Waals surface area contributed by atoms with Crippen molar-refractivity contribution in [3.05, 3.63) is 47.5 Å². The zero-order valence-electron chi connectivity index (χ0n) is 10.7. The third-order valence-electron chi connectivity index (χ3n) is 2.31. The predicted molar refractivity (Wildman–Crippen MR) is 72.3 cm³/mol. The molecule has 4 heteroatoms. The van der Waals surface area contributed by atoms with Crippen LogP contribution < -0.4 is 11.1 Å². The molecule has 98 valence electrons. The van der Waals surface area contributed by atoms with Crippen molar-refractivity contribution in [3.63, 3.8) is 0 Å². The van der Waals surface area contributed by atoms with Gasteiger partial charge in [0, 0.05) is 18.7 Å². The minimum absolute atomic E-state index is 0.401. The third-order valence-corrected chi connectivity index (χ3v) is 2.31. The molecule has 0 heterocycles. The molecule has 0 unspecified atom stereocenters. The highest BCUT2D eigenvalue weighted by Crippen LogP contribution is 2.04. The number of nitrogens with two attached hydrogens (primary N) is 1. The van der Waals surface area contributed by atoms with Gasteiger partial charge in [0.1, 0.15) is 0 Å². The number of nitrogens with one attached hydrogen (secondary N) is 1. The summed E-state index contributed by atoms with van der Waals surface area (Å²) in [4.78, 5) is 11.0. The Labute approximate surface area is 108 Å². The van der Waals surface area contributed by atoms with Crippen LogP contribution >= 0.6 is 0 Å². The van der Waals surface area contributed by atoms with E-state index in [4.69, 9.17) is 10.5 Å². The maximum absolute atomic E-state index is 11.0. The molecule has 0 bridgehead atoms. The first-order chi connectivity index (χ1) is 8.59. The molecular formula is C14H20N2O2. The predicted octanol–water partition coefficient (Wildman–Crippen LogP) is 1.47. The molecule has 3 N–H and O–H groups in total. The highest BCUT2D eigenvalue weighted by molar-refractivity contribution is 5.92. The minimum atomic E-state index is -0.401. The number of amides is 1. The van der Waals surface area contributed by atoms with E-state index >= 15 is 0 Å². The van der Waals surface area contributed by atoms with Gasteiger partial charge in [-0.25, -0.2) is 0 Å². The fraction of sp³-hybridized carbons (Fsp3) is 0.357. The van der Waals surface area contributed by atoms with Crippen LogP contribution in [-0.4, -0.2) is 25.7 Å². The van der Waals surface area contributed by atoms with Crippen molar-refractivity contribution in [2.75, 3.05) is 19.8 Å². The highest BCUT2D eigenvalue weighted by Gasteiger charge is 2.00. The summed E-state index contributed by atoms with van der Waals surface area (Å²) in [5.41, 5.74) is 7.80. The number of carbonyl (C=O) groups is 1. The molecule has 0 radical (unpaired) electrons. The number of hydrogen-bond acceptors (Lipinski definition) is 3. The number of benzene rings is 1. The quantitative estimate of drug-likeness (QED) is 0.541. The van der Waals surface area contributed by atoms with Crippen LogP contribution in [0.4, 0.5) is 0 Å². The SMILES string of the molecule is C=C(C)COCCNCc1cccc(C(N)=O)c1. The van der Waals surface area contributed by atoms with E-state index in [0.29, 0.717) is 25.3 Å². The largest absolute Gasteiger partial charge is 0.376 e. The Bertz CT molecular complexity index is 416. The Morgan fingerprint density at radius 3 is 2.94 bits per heavy atom. The van der Waals surface area contributed by atoms with E-state index in [-0.39, 0.29) is 0 Å². The van der Waals surface area contributed by atoms with Crippen LogP contribution in [0.5, 0.6) is 0 Å². The van der Waals surface area contributed by atoms with Crippen LogP contribution in [0.25, 0.3) is 0 Å². The molecular weight excluding hydrogens is 228 g/mol. The van der Waals surface area contributed by atoms with Gasteiger partial charge in [0.25, 0.3) is 0 Å². The van der Waals surface area contributed by atoms with Gasteiger partial charge in [-0.2, -0.15) is 0 Å². The fourth-order valence-electron chi connectivity index (χ4n) is 1.46. The monoisotopic (exact) mass is 248 g/mol. The topological polar surface area (TPSA) is 64.3 Å². The van der Waals surface area contributed by atoms with Crippen LogP contribution in [0, 0.1) is 0 Å². The lowest BCUT2D eigenvalue weighted by molar-refractivity contribution is 0.1000. The average Bonchev–Trinajstić information content (AvgIpc) is 2.33. The van der Waals surface area contributed by atoms with E-state index in [1.807, 2.05) is 19.1 Å². The molecule has 0 saturated carbocycles. The number of rotatable bonds is 8. The van der Waals surface area contributed by atoms with Crippen molar-refractivity contribution in [2.24, 2.45) is 5.73 Å². The van der Waals surface area contributed by atoms with Crippen molar-refractivity contribution < 1.29 is 9.53 Å². The zero-order chi connectivity index (χ0) is 13.4. The van der Waals surface area contributed by atoms with Crippen molar-refractivity contribution in [2.45, 2.75) is 13.5 Å². The molecule has 0 saturated heterocycles. The summed E-state index contributed by atoms with van der Waals surface area (Å²) in [5.74, 6) is -0.401. The molecule has 4 nitrogen and oxygen atoms in total. The van der Waals surface area contributed by atoms with Gasteiger partial charge in [0.15, 0.2) is 0 Å². The van der Waals surface area contributed by atoms with Gasteiger partial charge in [-0.05, 0) is 24.6 Å². The molecule has 0 spiro atoms. The van der Waals surface area contributed by atoms with Gasteiger partial charge in [-0.15, -0.1) is 0 Å². The fourth-order valence-corrected chi connectivity index (χ4v) is 1.46. The van der Waals surface area contributed by atoms with Gasteiger partial charge < -0.3 is 15.8 Å². The number of carbonyl (C=O) groups excluding carboxylic acids is 1. The third kappa shape index (κ3) is 5.61. The van der Waals surface area contributed by atoms with Gasteiger partial charge in [0.2, 0.25) is 5.91 Å². The summed E-state index contributed by atoms with van der Waals surface area (Å²) in [7, 11) is 0. The lowest BCUT2D eigenvalue weighted by Gasteiger charge is -2.07. The van der Waals surface area contributed by atoms with Crippen molar-refractivity contribution in [1.82, 2.24) is 5.32 Å². The summed E-state index contributed by atoms with van der Waals surface area (Å²) in [6.07, 6.45) is 0. The summed E-state index contributed by atoms with van der Waals surface area (Å²) < 4.78 is 5.36. The Hall–Kier alpha value is -1.65. The summed E-state index contributed by atoms with van der Waals surface area (Å²) in [6, 6.07) is 7.29. The normalized spacial score (nSPS) is 10.3. The Morgan fingerprint density at radius 1 is 1.50 bits per heavy atom. The maximum Gasteiger partial charge on any atom is 0.248 e.